The van der Waals surface area contributed by atoms with Crippen LogP contribution in [0.2, 0.25) is 0 Å². The molecule has 2 heterocycles. The Labute approximate surface area is 219 Å². The molecule has 1 aliphatic heterocycles. The van der Waals surface area contributed by atoms with E-state index in [2.05, 4.69) is 18.7 Å². The highest BCUT2D eigenvalue weighted by atomic mass is 16.5. The first-order chi connectivity index (χ1) is 18.0. The second-order valence-corrected chi connectivity index (χ2v) is 9.92. The van der Waals surface area contributed by atoms with Crippen molar-refractivity contribution in [2.24, 2.45) is 5.92 Å². The summed E-state index contributed by atoms with van der Waals surface area (Å²) in [6.45, 7) is 6.38. The van der Waals surface area contributed by atoms with Gasteiger partial charge in [-0.1, -0.05) is 51.0 Å². The lowest BCUT2D eigenvalue weighted by Crippen LogP contribution is -2.42. The molecule has 0 bridgehead atoms. The molecule has 1 saturated heterocycles. The number of hydrogen-bond donors (Lipinski definition) is 1. The lowest BCUT2D eigenvalue weighted by molar-refractivity contribution is -0.144. The Kier molecular flexibility index (Phi) is 8.87. The van der Waals surface area contributed by atoms with E-state index in [1.165, 1.54) is 0 Å². The predicted octanol–water partition coefficient (Wildman–Crippen LogP) is 5.71. The number of carbonyl (C=O) groups is 2. The van der Waals surface area contributed by atoms with Gasteiger partial charge in [0.1, 0.15) is 11.3 Å². The van der Waals surface area contributed by atoms with Gasteiger partial charge in [0.2, 0.25) is 5.91 Å². The van der Waals surface area contributed by atoms with Crippen molar-refractivity contribution in [3.8, 4) is 5.75 Å². The fraction of sp³-hybridized carbons (Fsp3) is 0.467. The Morgan fingerprint density at radius 1 is 1.03 bits per heavy atom. The molecule has 1 aliphatic rings. The van der Waals surface area contributed by atoms with Crippen LogP contribution >= 0.6 is 0 Å². The Hall–Kier alpha value is -3.32. The van der Waals surface area contributed by atoms with Crippen LogP contribution in [0, 0.1) is 5.92 Å². The topological polar surface area (TPSA) is 83.2 Å². The van der Waals surface area contributed by atoms with Crippen LogP contribution in [0.4, 0.5) is 0 Å². The highest BCUT2D eigenvalue weighted by Crippen LogP contribution is 2.46. The molecule has 1 fully saturated rings. The van der Waals surface area contributed by atoms with Gasteiger partial charge in [-0.15, -0.1) is 0 Å². The van der Waals surface area contributed by atoms with Gasteiger partial charge in [-0.25, -0.2) is 0 Å². The molecule has 0 radical (unpaired) electrons. The second kappa shape index (κ2) is 12.3. The molecular formula is C30H38N2O5. The number of carboxylic acids is 1. The molecule has 3 aromatic rings. The van der Waals surface area contributed by atoms with E-state index in [0.717, 1.165) is 60.9 Å². The summed E-state index contributed by atoms with van der Waals surface area (Å²) in [5.74, 6) is -1.10. The van der Waals surface area contributed by atoms with Crippen LogP contribution in [-0.2, 0) is 9.59 Å². The largest absolute Gasteiger partial charge is 0.497 e. The predicted molar refractivity (Wildman–Crippen MR) is 144 cm³/mol. The van der Waals surface area contributed by atoms with E-state index in [4.69, 9.17) is 9.15 Å². The second-order valence-electron chi connectivity index (χ2n) is 9.92. The SMILES string of the molecule is CCCCN(CCCC)C(=O)CN1CC(c2ccc3ccoc3c2)[C@H](C(=O)O)[C@H]1c1ccc(OC)cc1. The molecule has 1 amide bonds. The molecule has 1 unspecified atom stereocenters. The van der Waals surface area contributed by atoms with Gasteiger partial charge in [0.25, 0.3) is 0 Å². The number of aliphatic carboxylic acids is 1. The zero-order valence-electron chi connectivity index (χ0n) is 22.1. The molecule has 1 aromatic heterocycles. The Balaban J connectivity index is 1.69. The van der Waals surface area contributed by atoms with Crippen molar-refractivity contribution >= 4 is 22.8 Å². The van der Waals surface area contributed by atoms with Crippen molar-refractivity contribution < 1.29 is 23.8 Å². The molecule has 7 nitrogen and oxygen atoms in total. The molecule has 4 rings (SSSR count). The number of furan rings is 1. The smallest absolute Gasteiger partial charge is 0.309 e. The summed E-state index contributed by atoms with van der Waals surface area (Å²) in [5, 5.41) is 11.5. The Bertz CT molecular complexity index is 1180. The molecule has 7 heteroatoms. The number of rotatable bonds is 12. The van der Waals surface area contributed by atoms with E-state index >= 15 is 0 Å². The summed E-state index contributed by atoms with van der Waals surface area (Å²) in [6, 6.07) is 14.9. The number of carbonyl (C=O) groups excluding carboxylic acids is 1. The molecule has 2 aromatic carbocycles. The number of nitrogens with zero attached hydrogens (tertiary/aromatic N) is 2. The van der Waals surface area contributed by atoms with Crippen molar-refractivity contribution in [2.75, 3.05) is 33.3 Å². The number of hydrogen-bond acceptors (Lipinski definition) is 5. The fourth-order valence-electron chi connectivity index (χ4n) is 5.46. The molecular weight excluding hydrogens is 468 g/mol. The minimum absolute atomic E-state index is 0.0617. The molecule has 37 heavy (non-hydrogen) atoms. The molecule has 0 saturated carbocycles. The summed E-state index contributed by atoms with van der Waals surface area (Å²) in [6.07, 6.45) is 5.60. The van der Waals surface area contributed by atoms with Gasteiger partial charge in [0, 0.05) is 37.0 Å². The maximum atomic E-state index is 13.5. The number of fused-ring (bicyclic) bond motifs is 1. The normalized spacial score (nSPS) is 19.8. The monoisotopic (exact) mass is 506 g/mol. The van der Waals surface area contributed by atoms with E-state index in [1.807, 2.05) is 53.4 Å². The van der Waals surface area contributed by atoms with Crippen molar-refractivity contribution in [3.05, 3.63) is 65.9 Å². The van der Waals surface area contributed by atoms with Crippen molar-refractivity contribution in [3.63, 3.8) is 0 Å². The van der Waals surface area contributed by atoms with Crippen LogP contribution in [0.25, 0.3) is 11.0 Å². The van der Waals surface area contributed by atoms with E-state index in [0.29, 0.717) is 12.3 Å². The number of benzene rings is 2. The lowest BCUT2D eigenvalue weighted by Gasteiger charge is -2.30. The summed E-state index contributed by atoms with van der Waals surface area (Å²) in [7, 11) is 1.61. The van der Waals surface area contributed by atoms with E-state index < -0.39 is 17.9 Å². The summed E-state index contributed by atoms with van der Waals surface area (Å²) in [5.41, 5.74) is 2.52. The molecule has 0 spiro atoms. The minimum Gasteiger partial charge on any atom is -0.497 e. The third-order valence-electron chi connectivity index (χ3n) is 7.50. The highest BCUT2D eigenvalue weighted by molar-refractivity contribution is 5.80. The zero-order valence-corrected chi connectivity index (χ0v) is 22.1. The van der Waals surface area contributed by atoms with Crippen molar-refractivity contribution in [1.82, 2.24) is 9.80 Å². The first-order valence-corrected chi connectivity index (χ1v) is 13.3. The summed E-state index contributed by atoms with van der Waals surface area (Å²) >= 11 is 0. The van der Waals surface area contributed by atoms with Crippen molar-refractivity contribution in [2.45, 2.75) is 51.5 Å². The van der Waals surface area contributed by atoms with Crippen LogP contribution in [0.5, 0.6) is 5.75 Å². The van der Waals surface area contributed by atoms with Gasteiger partial charge in [0.05, 0.1) is 25.8 Å². The zero-order chi connectivity index (χ0) is 26.4. The average Bonchev–Trinajstić information content (AvgIpc) is 3.53. The van der Waals surface area contributed by atoms with Crippen LogP contribution in [0.15, 0.2) is 59.2 Å². The van der Waals surface area contributed by atoms with Crippen molar-refractivity contribution in [1.29, 1.82) is 0 Å². The van der Waals surface area contributed by atoms with Crippen LogP contribution in [-0.4, -0.2) is 60.1 Å². The maximum absolute atomic E-state index is 13.5. The van der Waals surface area contributed by atoms with Crippen LogP contribution in [0.3, 0.4) is 0 Å². The third kappa shape index (κ3) is 5.99. The third-order valence-corrected chi connectivity index (χ3v) is 7.50. The number of carboxylic acid groups (broad SMARTS) is 1. The number of ether oxygens (including phenoxy) is 1. The van der Waals surface area contributed by atoms with Gasteiger partial charge in [-0.05, 0) is 48.2 Å². The van der Waals surface area contributed by atoms with Gasteiger partial charge >= 0.3 is 5.97 Å². The number of amides is 1. The number of likely N-dealkylation sites (tertiary alicyclic amines) is 1. The van der Waals surface area contributed by atoms with Gasteiger partial charge in [-0.3, -0.25) is 14.5 Å². The van der Waals surface area contributed by atoms with E-state index in [9.17, 15) is 14.7 Å². The summed E-state index contributed by atoms with van der Waals surface area (Å²) < 4.78 is 10.9. The van der Waals surface area contributed by atoms with Crippen LogP contribution in [0.1, 0.15) is 62.6 Å². The maximum Gasteiger partial charge on any atom is 0.309 e. The molecule has 198 valence electrons. The quantitative estimate of drug-likeness (QED) is 0.339. The van der Waals surface area contributed by atoms with E-state index in [-0.39, 0.29) is 18.4 Å². The number of unbranched alkanes of at least 4 members (excludes halogenated alkanes) is 2. The lowest BCUT2D eigenvalue weighted by atomic mass is 9.82. The van der Waals surface area contributed by atoms with Gasteiger partial charge in [-0.2, -0.15) is 0 Å². The number of methoxy groups -OCH3 is 1. The minimum atomic E-state index is -0.867. The summed E-state index contributed by atoms with van der Waals surface area (Å²) in [4.78, 5) is 30.3. The Morgan fingerprint density at radius 3 is 2.32 bits per heavy atom. The molecule has 0 aliphatic carbocycles. The first-order valence-electron chi connectivity index (χ1n) is 13.3. The first kappa shape index (κ1) is 26.7. The fourth-order valence-corrected chi connectivity index (χ4v) is 5.46. The standard InChI is InChI=1S/C30H38N2O5/c1-4-6-15-31(16-7-5-2)27(33)20-32-19-25(23-9-8-21-14-17-37-26(21)18-23)28(30(34)35)29(32)22-10-12-24(36-3)13-11-22/h8-14,17-18,25,28-29H,4-7,15-16,19-20H2,1-3H3,(H,34,35)/t25?,28-,29+/m0/s1. The van der Waals surface area contributed by atoms with Crippen LogP contribution < -0.4 is 4.74 Å². The molecule has 1 N–H and O–H groups in total. The van der Waals surface area contributed by atoms with Gasteiger partial charge < -0.3 is 19.2 Å². The molecule has 3 atom stereocenters. The highest BCUT2D eigenvalue weighted by Gasteiger charge is 2.48. The van der Waals surface area contributed by atoms with E-state index in [1.54, 1.807) is 13.4 Å². The van der Waals surface area contributed by atoms with Gasteiger partial charge in [0.15, 0.2) is 0 Å². The Morgan fingerprint density at radius 2 is 1.70 bits per heavy atom. The average molecular weight is 507 g/mol.